The van der Waals surface area contributed by atoms with Crippen LogP contribution in [0.15, 0.2) is 58.3 Å². The smallest absolute Gasteiger partial charge is 0.425 e. The predicted octanol–water partition coefficient (Wildman–Crippen LogP) is 3.58. The van der Waals surface area contributed by atoms with Crippen molar-refractivity contribution in [1.29, 1.82) is 0 Å². The van der Waals surface area contributed by atoms with E-state index in [0.29, 0.717) is 12.1 Å². The maximum Gasteiger partial charge on any atom is 0.573 e. The zero-order valence-electron chi connectivity index (χ0n) is 20.9. The molecule has 0 saturated carbocycles. The third-order valence-electron chi connectivity index (χ3n) is 6.13. The molecule has 0 bridgehead atoms. The van der Waals surface area contributed by atoms with Crippen molar-refractivity contribution in [2.75, 3.05) is 0 Å². The van der Waals surface area contributed by atoms with Gasteiger partial charge >= 0.3 is 18.1 Å². The number of aliphatic hydroxyl groups is 1. The Morgan fingerprint density at radius 2 is 1.79 bits per heavy atom. The van der Waals surface area contributed by atoms with Gasteiger partial charge in [0.2, 0.25) is 0 Å². The lowest BCUT2D eigenvalue weighted by Gasteiger charge is -2.21. The Labute approximate surface area is 214 Å². The Hall–Kier alpha value is -4.13. The number of fused-ring (bicyclic) bond motifs is 1. The maximum absolute atomic E-state index is 13.6. The van der Waals surface area contributed by atoms with E-state index < -0.39 is 29.0 Å². The van der Waals surface area contributed by atoms with E-state index in [1.807, 2.05) is 0 Å². The average molecular weight is 534 g/mol. The van der Waals surface area contributed by atoms with Crippen LogP contribution in [0.25, 0.3) is 11.2 Å². The summed E-state index contributed by atoms with van der Waals surface area (Å²) in [6, 6.07) is 9.90. The standard InChI is InChI=1S/C25H26F3N5O5/c1-4-24(2,36)11-13-32-21(34)19-20(31(3)23(32)35)30-22(33(19)15-16-8-5-6-12-29-16)37-17-9-7-10-18(14-17)38-25(26,27)28/h5-10,12,14,36H,4,11,13,15H2,1-3H3. The summed E-state index contributed by atoms with van der Waals surface area (Å²) in [5.41, 5.74) is -1.77. The number of hydrogen-bond acceptors (Lipinski definition) is 7. The van der Waals surface area contributed by atoms with E-state index in [1.165, 1.54) is 28.3 Å². The summed E-state index contributed by atoms with van der Waals surface area (Å²) in [5.74, 6) is -0.534. The topological polar surface area (TPSA) is 113 Å². The number of hydrogen-bond donors (Lipinski definition) is 1. The number of nitrogens with zero attached hydrogens (tertiary/aromatic N) is 5. The molecule has 0 fully saturated rings. The Balaban J connectivity index is 1.85. The lowest BCUT2D eigenvalue weighted by molar-refractivity contribution is -0.274. The molecule has 4 aromatic rings. The van der Waals surface area contributed by atoms with Gasteiger partial charge in [-0.05, 0) is 44.0 Å². The van der Waals surface area contributed by atoms with Gasteiger partial charge in [-0.1, -0.05) is 19.1 Å². The van der Waals surface area contributed by atoms with E-state index in [1.54, 1.807) is 38.2 Å². The average Bonchev–Trinajstić information content (AvgIpc) is 3.20. The van der Waals surface area contributed by atoms with Crippen LogP contribution < -0.4 is 20.7 Å². The number of aryl methyl sites for hydroxylation is 1. The molecule has 0 amide bonds. The van der Waals surface area contributed by atoms with Crippen molar-refractivity contribution in [3.8, 4) is 17.5 Å². The van der Waals surface area contributed by atoms with Crippen molar-refractivity contribution >= 4 is 11.2 Å². The summed E-state index contributed by atoms with van der Waals surface area (Å²) in [6.45, 7) is 3.40. The van der Waals surface area contributed by atoms with Crippen LogP contribution in [-0.4, -0.2) is 40.7 Å². The van der Waals surface area contributed by atoms with Gasteiger partial charge in [-0.2, -0.15) is 4.98 Å². The fourth-order valence-electron chi connectivity index (χ4n) is 3.80. The van der Waals surface area contributed by atoms with E-state index in [-0.39, 0.29) is 42.4 Å². The molecule has 3 aromatic heterocycles. The number of ether oxygens (including phenoxy) is 2. The summed E-state index contributed by atoms with van der Waals surface area (Å²) in [4.78, 5) is 35.2. The van der Waals surface area contributed by atoms with Crippen molar-refractivity contribution in [2.45, 2.75) is 51.7 Å². The van der Waals surface area contributed by atoms with Gasteiger partial charge in [-0.3, -0.25) is 23.5 Å². The quantitative estimate of drug-likeness (QED) is 0.350. The van der Waals surface area contributed by atoms with E-state index in [9.17, 15) is 27.9 Å². The van der Waals surface area contributed by atoms with Gasteiger partial charge in [-0.25, -0.2) is 4.79 Å². The highest BCUT2D eigenvalue weighted by molar-refractivity contribution is 5.72. The van der Waals surface area contributed by atoms with Gasteiger partial charge in [-0.15, -0.1) is 13.2 Å². The summed E-state index contributed by atoms with van der Waals surface area (Å²) in [7, 11) is 1.44. The second kappa shape index (κ2) is 10.3. The molecule has 0 spiro atoms. The second-order valence-corrected chi connectivity index (χ2v) is 9.00. The van der Waals surface area contributed by atoms with Crippen molar-refractivity contribution in [2.24, 2.45) is 7.05 Å². The van der Waals surface area contributed by atoms with Crippen molar-refractivity contribution < 1.29 is 27.8 Å². The number of rotatable bonds is 9. The molecule has 0 radical (unpaired) electrons. The number of benzene rings is 1. The first-order valence-corrected chi connectivity index (χ1v) is 11.7. The first kappa shape index (κ1) is 26.9. The highest BCUT2D eigenvalue weighted by Gasteiger charge is 2.31. The summed E-state index contributed by atoms with van der Waals surface area (Å²) in [5, 5.41) is 10.4. The molecule has 0 saturated heterocycles. The van der Waals surface area contributed by atoms with Gasteiger partial charge in [0.25, 0.3) is 5.56 Å². The molecule has 0 aliphatic rings. The lowest BCUT2D eigenvalue weighted by Crippen LogP contribution is -2.41. The van der Waals surface area contributed by atoms with Crippen molar-refractivity contribution in [3.05, 3.63) is 75.2 Å². The number of alkyl halides is 3. The largest absolute Gasteiger partial charge is 0.573 e. The first-order valence-electron chi connectivity index (χ1n) is 11.7. The van der Waals surface area contributed by atoms with Gasteiger partial charge in [0.05, 0.1) is 17.8 Å². The molecule has 1 aromatic carbocycles. The van der Waals surface area contributed by atoms with Gasteiger partial charge in [0.1, 0.15) is 11.5 Å². The Kier molecular flexibility index (Phi) is 7.31. The maximum atomic E-state index is 13.6. The second-order valence-electron chi connectivity index (χ2n) is 9.00. The third-order valence-corrected chi connectivity index (χ3v) is 6.13. The third kappa shape index (κ3) is 5.88. The minimum Gasteiger partial charge on any atom is -0.425 e. The fraction of sp³-hybridized carbons (Fsp3) is 0.360. The molecule has 10 nitrogen and oxygen atoms in total. The van der Waals surface area contributed by atoms with E-state index in [0.717, 1.165) is 16.7 Å². The van der Waals surface area contributed by atoms with Crippen LogP contribution in [0.1, 0.15) is 32.4 Å². The van der Waals surface area contributed by atoms with E-state index >= 15 is 0 Å². The summed E-state index contributed by atoms with van der Waals surface area (Å²) >= 11 is 0. The highest BCUT2D eigenvalue weighted by atomic mass is 19.4. The lowest BCUT2D eigenvalue weighted by atomic mass is 9.99. The number of halogens is 3. The van der Waals surface area contributed by atoms with Crippen LogP contribution in [0.5, 0.6) is 17.5 Å². The SMILES string of the molecule is CCC(C)(O)CCn1c(=O)c2c(nc(Oc3cccc(OC(F)(F)F)c3)n2Cc2ccccn2)n(C)c1=O. The monoisotopic (exact) mass is 533 g/mol. The minimum atomic E-state index is -4.89. The van der Waals surface area contributed by atoms with Crippen molar-refractivity contribution in [3.63, 3.8) is 0 Å². The molecule has 13 heteroatoms. The molecule has 1 unspecified atom stereocenters. The van der Waals surface area contributed by atoms with Gasteiger partial charge in [0, 0.05) is 25.9 Å². The van der Waals surface area contributed by atoms with Crippen LogP contribution in [0.2, 0.25) is 0 Å². The van der Waals surface area contributed by atoms with E-state index in [4.69, 9.17) is 4.74 Å². The number of imidazole rings is 1. The number of aromatic nitrogens is 5. The van der Waals surface area contributed by atoms with E-state index in [2.05, 4.69) is 14.7 Å². The van der Waals surface area contributed by atoms with Crippen molar-refractivity contribution in [1.82, 2.24) is 23.7 Å². The van der Waals surface area contributed by atoms with Crippen LogP contribution >= 0.6 is 0 Å². The molecule has 4 rings (SSSR count). The van der Waals surface area contributed by atoms with Crippen LogP contribution in [-0.2, 0) is 20.1 Å². The highest BCUT2D eigenvalue weighted by Crippen LogP contribution is 2.30. The minimum absolute atomic E-state index is 0.0194. The predicted molar refractivity (Wildman–Crippen MR) is 131 cm³/mol. The Bertz CT molecular complexity index is 1560. The molecular formula is C25H26F3N5O5. The van der Waals surface area contributed by atoms with Gasteiger partial charge in [0.15, 0.2) is 11.2 Å². The molecule has 1 N–H and O–H groups in total. The fourth-order valence-corrected chi connectivity index (χ4v) is 3.80. The van der Waals surface area contributed by atoms with Crippen LogP contribution in [0.4, 0.5) is 13.2 Å². The first-order chi connectivity index (χ1) is 17.9. The molecule has 202 valence electrons. The Morgan fingerprint density at radius 3 is 2.45 bits per heavy atom. The Morgan fingerprint density at radius 1 is 1.05 bits per heavy atom. The van der Waals surface area contributed by atoms with Gasteiger partial charge < -0.3 is 14.6 Å². The number of pyridine rings is 1. The molecule has 38 heavy (non-hydrogen) atoms. The molecular weight excluding hydrogens is 507 g/mol. The zero-order chi connectivity index (χ0) is 27.7. The zero-order valence-corrected chi connectivity index (χ0v) is 20.9. The summed E-state index contributed by atoms with van der Waals surface area (Å²) in [6.07, 6.45) is -2.74. The normalized spacial score (nSPS) is 13.4. The molecule has 1 atom stereocenters. The molecule has 3 heterocycles. The molecule has 0 aliphatic heterocycles. The summed E-state index contributed by atoms with van der Waals surface area (Å²) < 4.78 is 51.5. The van der Waals surface area contributed by atoms with Crippen LogP contribution in [0.3, 0.4) is 0 Å². The van der Waals surface area contributed by atoms with Crippen LogP contribution in [0, 0.1) is 0 Å². The molecule has 0 aliphatic carbocycles.